The predicted molar refractivity (Wildman–Crippen MR) is 93.8 cm³/mol. The fourth-order valence-electron chi connectivity index (χ4n) is 2.05. The van der Waals surface area contributed by atoms with E-state index < -0.39 is 11.9 Å². The van der Waals surface area contributed by atoms with Gasteiger partial charge in [-0.15, -0.1) is 11.3 Å². The number of ether oxygens (including phenoxy) is 1. The molecule has 3 aromatic rings. The summed E-state index contributed by atoms with van der Waals surface area (Å²) in [6.07, 6.45) is 0. The fraction of sp³-hybridized carbons (Fsp3) is 0.125. The molecule has 0 aliphatic carbocycles. The van der Waals surface area contributed by atoms with Gasteiger partial charge in [0.2, 0.25) is 0 Å². The van der Waals surface area contributed by atoms with Gasteiger partial charge in [-0.3, -0.25) is 14.4 Å². The lowest BCUT2D eigenvalue weighted by Crippen LogP contribution is -2.30. The average Bonchev–Trinajstić information content (AvgIpc) is 3.07. The molecule has 0 aliphatic rings. The highest BCUT2D eigenvalue weighted by molar-refractivity contribution is 7.17. The summed E-state index contributed by atoms with van der Waals surface area (Å²) < 4.78 is 5.53. The number of fused-ring (bicyclic) bond motifs is 1. The molecule has 3 rings (SSSR count). The molecule has 25 heavy (non-hydrogen) atoms. The Morgan fingerprint density at radius 2 is 2.00 bits per heavy atom. The summed E-state index contributed by atoms with van der Waals surface area (Å²) in [7, 11) is 0. The number of thiophene rings is 1. The first-order valence-corrected chi connectivity index (χ1v) is 8.44. The third kappa shape index (κ3) is 4.23. The molecule has 0 aliphatic heterocycles. The minimum atomic E-state index is -0.643. The summed E-state index contributed by atoms with van der Waals surface area (Å²) in [6.45, 7) is -0.483. The van der Waals surface area contributed by atoms with E-state index in [9.17, 15) is 14.4 Å². The van der Waals surface area contributed by atoms with Crippen LogP contribution in [0.25, 0.3) is 10.2 Å². The molecule has 9 heteroatoms. The van der Waals surface area contributed by atoms with E-state index in [2.05, 4.69) is 15.3 Å². The second-order valence-corrected chi connectivity index (χ2v) is 6.35. The topological polar surface area (TPSA) is 101 Å². The van der Waals surface area contributed by atoms with Gasteiger partial charge in [-0.2, -0.15) is 0 Å². The van der Waals surface area contributed by atoms with E-state index in [-0.39, 0.29) is 24.5 Å². The number of esters is 1. The number of hydrogen-bond donors (Lipinski definition) is 2. The predicted octanol–water partition coefficient (Wildman–Crippen LogP) is 2.11. The van der Waals surface area contributed by atoms with Gasteiger partial charge >= 0.3 is 5.97 Å². The maximum atomic E-state index is 11.9. The highest BCUT2D eigenvalue weighted by Crippen LogP contribution is 2.13. The monoisotopic (exact) mass is 377 g/mol. The summed E-state index contributed by atoms with van der Waals surface area (Å²) in [5.41, 5.74) is 0.657. The molecule has 2 N–H and O–H groups in total. The zero-order chi connectivity index (χ0) is 17.8. The molecule has 0 unspecified atom stereocenters. The van der Waals surface area contributed by atoms with Crippen LogP contribution in [0.4, 0.5) is 0 Å². The van der Waals surface area contributed by atoms with Crippen LogP contribution in [-0.2, 0) is 16.1 Å². The number of carbonyl (C=O) groups is 2. The molecule has 0 bridgehead atoms. The highest BCUT2D eigenvalue weighted by Gasteiger charge is 2.11. The minimum Gasteiger partial charge on any atom is -0.456 e. The van der Waals surface area contributed by atoms with Gasteiger partial charge in [0.1, 0.15) is 23.7 Å². The zero-order valence-corrected chi connectivity index (χ0v) is 14.3. The summed E-state index contributed by atoms with van der Waals surface area (Å²) in [5.74, 6) is -0.816. The number of H-pyrrole nitrogens is 1. The van der Waals surface area contributed by atoms with Gasteiger partial charge in [-0.25, -0.2) is 4.98 Å². The smallest absolute Gasteiger partial charge is 0.325 e. The Labute approximate surface area is 150 Å². The lowest BCUT2D eigenvalue weighted by Gasteiger charge is -2.06. The number of halogens is 1. The molecule has 0 saturated heterocycles. The number of hydrogen-bond acceptors (Lipinski definition) is 6. The zero-order valence-electron chi connectivity index (χ0n) is 12.7. The lowest BCUT2D eigenvalue weighted by atomic mass is 10.2. The van der Waals surface area contributed by atoms with Crippen molar-refractivity contribution in [3.05, 3.63) is 62.5 Å². The first-order chi connectivity index (χ1) is 12.0. The second-order valence-electron chi connectivity index (χ2n) is 5.00. The maximum absolute atomic E-state index is 11.9. The van der Waals surface area contributed by atoms with Crippen molar-refractivity contribution in [2.45, 2.75) is 6.61 Å². The van der Waals surface area contributed by atoms with Crippen molar-refractivity contribution < 1.29 is 14.3 Å². The van der Waals surface area contributed by atoms with Crippen LogP contribution in [0.3, 0.4) is 0 Å². The quantitative estimate of drug-likeness (QED) is 0.663. The molecule has 1 aromatic carbocycles. The summed E-state index contributed by atoms with van der Waals surface area (Å²) in [5, 5.41) is 4.72. The number of benzene rings is 1. The SMILES string of the molecule is O=C(CNC(=O)c1ccc(Cl)cc1)OCc1nc2ccsc2c(=O)[nH]1. The van der Waals surface area contributed by atoms with Gasteiger partial charge in [0, 0.05) is 10.6 Å². The van der Waals surface area contributed by atoms with Crippen LogP contribution in [0, 0.1) is 0 Å². The van der Waals surface area contributed by atoms with E-state index in [1.807, 2.05) is 0 Å². The van der Waals surface area contributed by atoms with Crippen molar-refractivity contribution in [2.75, 3.05) is 6.54 Å². The molecule has 0 radical (unpaired) electrons. The molecular weight excluding hydrogens is 366 g/mol. The number of nitrogens with zero attached hydrogens (tertiary/aromatic N) is 1. The Morgan fingerprint density at radius 3 is 2.76 bits per heavy atom. The van der Waals surface area contributed by atoms with Crippen LogP contribution in [0.2, 0.25) is 5.02 Å². The molecule has 128 valence electrons. The summed E-state index contributed by atoms with van der Waals surface area (Å²) in [4.78, 5) is 42.2. The second kappa shape index (κ2) is 7.45. The molecule has 7 nitrogen and oxygen atoms in total. The maximum Gasteiger partial charge on any atom is 0.325 e. The van der Waals surface area contributed by atoms with E-state index in [1.165, 1.54) is 11.3 Å². The number of nitrogens with one attached hydrogen (secondary N) is 2. The van der Waals surface area contributed by atoms with Crippen LogP contribution in [-0.4, -0.2) is 28.4 Å². The standard InChI is InChI=1S/C16H12ClN3O4S/c17-10-3-1-9(2-4-10)15(22)18-7-13(21)24-8-12-19-11-5-6-25-14(11)16(23)20-12/h1-6H,7-8H2,(H,18,22)(H,19,20,23). The number of rotatable bonds is 5. The van der Waals surface area contributed by atoms with Crippen LogP contribution < -0.4 is 10.9 Å². The summed E-state index contributed by atoms with van der Waals surface area (Å²) in [6, 6.07) is 7.98. The van der Waals surface area contributed by atoms with Crippen LogP contribution in [0.1, 0.15) is 16.2 Å². The van der Waals surface area contributed by atoms with E-state index in [1.54, 1.807) is 35.7 Å². The first kappa shape index (κ1) is 17.1. The fourth-order valence-corrected chi connectivity index (χ4v) is 2.90. The van der Waals surface area contributed by atoms with E-state index >= 15 is 0 Å². The van der Waals surface area contributed by atoms with Crippen molar-refractivity contribution >= 4 is 45.0 Å². The van der Waals surface area contributed by atoms with Gasteiger partial charge in [0.05, 0.1) is 5.52 Å². The van der Waals surface area contributed by atoms with Gasteiger partial charge in [-0.05, 0) is 35.7 Å². The molecule has 0 spiro atoms. The van der Waals surface area contributed by atoms with E-state index in [0.717, 1.165) is 0 Å². The molecule has 2 heterocycles. The number of carbonyl (C=O) groups excluding carboxylic acids is 2. The van der Waals surface area contributed by atoms with E-state index in [0.29, 0.717) is 20.8 Å². The first-order valence-electron chi connectivity index (χ1n) is 7.19. The van der Waals surface area contributed by atoms with Crippen molar-refractivity contribution in [1.82, 2.24) is 15.3 Å². The lowest BCUT2D eigenvalue weighted by molar-refractivity contribution is -0.143. The van der Waals surface area contributed by atoms with Crippen LogP contribution in [0.15, 0.2) is 40.5 Å². The Morgan fingerprint density at radius 1 is 1.24 bits per heavy atom. The molecule has 1 amide bonds. The Kier molecular flexibility index (Phi) is 5.11. The Hall–Kier alpha value is -2.71. The minimum absolute atomic E-state index is 0.184. The van der Waals surface area contributed by atoms with E-state index in [4.69, 9.17) is 16.3 Å². The number of amides is 1. The van der Waals surface area contributed by atoms with Crippen molar-refractivity contribution in [1.29, 1.82) is 0 Å². The van der Waals surface area contributed by atoms with Crippen molar-refractivity contribution in [3.8, 4) is 0 Å². The van der Waals surface area contributed by atoms with Gasteiger partial charge in [-0.1, -0.05) is 11.6 Å². The third-order valence-electron chi connectivity index (χ3n) is 3.23. The van der Waals surface area contributed by atoms with Crippen LogP contribution >= 0.6 is 22.9 Å². The Bertz CT molecular complexity index is 981. The normalized spacial score (nSPS) is 10.6. The third-order valence-corrected chi connectivity index (χ3v) is 4.39. The van der Waals surface area contributed by atoms with Crippen molar-refractivity contribution in [2.24, 2.45) is 0 Å². The van der Waals surface area contributed by atoms with Crippen molar-refractivity contribution in [3.63, 3.8) is 0 Å². The molecular formula is C16H12ClN3O4S. The van der Waals surface area contributed by atoms with Gasteiger partial charge < -0.3 is 15.0 Å². The van der Waals surface area contributed by atoms with Gasteiger partial charge in [0.15, 0.2) is 0 Å². The molecule has 0 saturated carbocycles. The average molecular weight is 378 g/mol. The largest absolute Gasteiger partial charge is 0.456 e. The number of aromatic amines is 1. The highest BCUT2D eigenvalue weighted by atomic mass is 35.5. The molecule has 2 aromatic heterocycles. The molecule has 0 atom stereocenters. The van der Waals surface area contributed by atoms with Crippen LogP contribution in [0.5, 0.6) is 0 Å². The Balaban J connectivity index is 1.53. The van der Waals surface area contributed by atoms with Gasteiger partial charge in [0.25, 0.3) is 11.5 Å². The number of aromatic nitrogens is 2. The summed E-state index contributed by atoms with van der Waals surface area (Å²) >= 11 is 7.03. The molecule has 0 fully saturated rings.